The number of anilines is 1. The monoisotopic (exact) mass is 395 g/mol. The van der Waals surface area contributed by atoms with E-state index in [2.05, 4.69) is 20.4 Å². The number of aromatic nitrogens is 4. The summed E-state index contributed by atoms with van der Waals surface area (Å²) in [7, 11) is 0. The molecule has 0 aliphatic rings. The van der Waals surface area contributed by atoms with Crippen molar-refractivity contribution in [2.24, 2.45) is 0 Å². The van der Waals surface area contributed by atoms with Crippen molar-refractivity contribution in [2.75, 3.05) is 5.32 Å². The van der Waals surface area contributed by atoms with Crippen LogP contribution in [0.3, 0.4) is 0 Å². The highest BCUT2D eigenvalue weighted by atomic mass is 19.1. The van der Waals surface area contributed by atoms with Gasteiger partial charge in [-0.25, -0.2) is 23.4 Å². The Kier molecular flexibility index (Phi) is 5.10. The fourth-order valence-corrected chi connectivity index (χ4v) is 2.74. The van der Waals surface area contributed by atoms with Crippen LogP contribution in [0.4, 0.5) is 14.5 Å². The highest BCUT2D eigenvalue weighted by molar-refractivity contribution is 5.92. The molecule has 1 N–H and O–H groups in total. The van der Waals surface area contributed by atoms with Crippen molar-refractivity contribution in [3.8, 4) is 17.1 Å². The number of hydrogen-bond donors (Lipinski definition) is 1. The van der Waals surface area contributed by atoms with Crippen LogP contribution in [0.5, 0.6) is 0 Å². The van der Waals surface area contributed by atoms with Crippen LogP contribution in [0.15, 0.2) is 65.6 Å². The first kappa shape index (κ1) is 18.5. The zero-order valence-corrected chi connectivity index (χ0v) is 15.0. The molecular weight excluding hydrogens is 380 g/mol. The molecule has 0 unspecified atom stereocenters. The van der Waals surface area contributed by atoms with Gasteiger partial charge < -0.3 is 9.73 Å². The quantitative estimate of drug-likeness (QED) is 0.537. The molecule has 29 heavy (non-hydrogen) atoms. The molecule has 0 radical (unpaired) electrons. The Morgan fingerprint density at radius 1 is 1.14 bits per heavy atom. The molecule has 4 rings (SSSR count). The van der Waals surface area contributed by atoms with E-state index in [9.17, 15) is 13.6 Å². The van der Waals surface area contributed by atoms with Gasteiger partial charge in [0.15, 0.2) is 17.5 Å². The molecule has 7 nitrogen and oxygen atoms in total. The maximum Gasteiger partial charge on any atom is 0.224 e. The number of oxazole rings is 1. The molecular formula is C20H15F2N5O2. The average molecular weight is 395 g/mol. The van der Waals surface area contributed by atoms with E-state index in [1.807, 2.05) is 0 Å². The van der Waals surface area contributed by atoms with Gasteiger partial charge in [-0.1, -0.05) is 0 Å². The number of carbonyl (C=O) groups is 1. The summed E-state index contributed by atoms with van der Waals surface area (Å²) in [5.74, 6) is -0.737. The number of aryl methyl sites for hydroxylation is 1. The fourth-order valence-electron chi connectivity index (χ4n) is 2.74. The van der Waals surface area contributed by atoms with E-state index < -0.39 is 11.6 Å². The zero-order chi connectivity index (χ0) is 20.2. The topological polar surface area (TPSA) is 85.8 Å². The lowest BCUT2D eigenvalue weighted by Gasteiger charge is -2.09. The average Bonchev–Trinajstić information content (AvgIpc) is 3.39. The largest absolute Gasteiger partial charge is 0.441 e. The van der Waals surface area contributed by atoms with E-state index >= 15 is 0 Å². The van der Waals surface area contributed by atoms with Crippen LogP contribution in [0.1, 0.15) is 12.3 Å². The molecule has 3 aromatic heterocycles. The molecule has 0 aliphatic carbocycles. The molecule has 0 spiro atoms. The van der Waals surface area contributed by atoms with Crippen molar-refractivity contribution in [2.45, 2.75) is 12.8 Å². The van der Waals surface area contributed by atoms with Gasteiger partial charge in [0.25, 0.3) is 0 Å². The Morgan fingerprint density at radius 2 is 2.03 bits per heavy atom. The van der Waals surface area contributed by atoms with E-state index in [1.165, 1.54) is 12.3 Å². The van der Waals surface area contributed by atoms with Gasteiger partial charge in [0.1, 0.15) is 11.6 Å². The molecule has 0 bridgehead atoms. The van der Waals surface area contributed by atoms with Gasteiger partial charge in [-0.3, -0.25) is 4.79 Å². The maximum absolute atomic E-state index is 13.9. The number of carbonyl (C=O) groups excluding carboxylic acids is 1. The van der Waals surface area contributed by atoms with Crippen molar-refractivity contribution in [1.82, 2.24) is 19.7 Å². The van der Waals surface area contributed by atoms with Gasteiger partial charge in [0.05, 0.1) is 17.4 Å². The minimum absolute atomic E-state index is 0.0965. The first-order valence-electron chi connectivity index (χ1n) is 8.75. The lowest BCUT2D eigenvalue weighted by molar-refractivity contribution is -0.116. The molecule has 0 aliphatic heterocycles. The SMILES string of the molecule is O=C(CCc1ncc(-c2ccc(F)cc2F)o1)Nc1cccnc1-n1cccn1. The third-order valence-corrected chi connectivity index (χ3v) is 4.10. The van der Waals surface area contributed by atoms with Gasteiger partial charge in [-0.15, -0.1) is 0 Å². The highest BCUT2D eigenvalue weighted by Crippen LogP contribution is 2.24. The van der Waals surface area contributed by atoms with Crippen molar-refractivity contribution in [3.05, 3.63) is 78.7 Å². The number of rotatable bonds is 6. The highest BCUT2D eigenvalue weighted by Gasteiger charge is 2.14. The first-order valence-corrected chi connectivity index (χ1v) is 8.75. The number of benzene rings is 1. The molecule has 0 saturated carbocycles. The summed E-state index contributed by atoms with van der Waals surface area (Å²) < 4.78 is 33.9. The second-order valence-electron chi connectivity index (χ2n) is 6.12. The van der Waals surface area contributed by atoms with Gasteiger partial charge in [0, 0.05) is 37.5 Å². The minimum atomic E-state index is -0.742. The number of pyridine rings is 1. The van der Waals surface area contributed by atoms with E-state index in [4.69, 9.17) is 4.42 Å². The Hall–Kier alpha value is -3.88. The maximum atomic E-state index is 13.9. The van der Waals surface area contributed by atoms with Crippen LogP contribution in [-0.2, 0) is 11.2 Å². The zero-order valence-electron chi connectivity index (χ0n) is 15.0. The standard InChI is InChI=1S/C20H15F2N5O2/c21-13-4-5-14(15(22)11-13)17-12-24-19(29-17)7-6-18(28)26-16-3-1-8-23-20(16)27-10-2-9-25-27/h1-5,8-12H,6-7H2,(H,26,28). The number of halogens is 2. The number of nitrogens with zero attached hydrogens (tertiary/aromatic N) is 4. The molecule has 9 heteroatoms. The van der Waals surface area contributed by atoms with Gasteiger partial charge >= 0.3 is 0 Å². The molecule has 0 fully saturated rings. The Labute approximate surface area is 164 Å². The van der Waals surface area contributed by atoms with Gasteiger partial charge in [-0.05, 0) is 30.3 Å². The summed E-state index contributed by atoms with van der Waals surface area (Å²) in [6, 6.07) is 8.38. The van der Waals surface area contributed by atoms with Crippen LogP contribution in [-0.4, -0.2) is 25.7 Å². The fraction of sp³-hybridized carbons (Fsp3) is 0.100. The summed E-state index contributed by atoms with van der Waals surface area (Å²) >= 11 is 0. The Morgan fingerprint density at radius 3 is 2.83 bits per heavy atom. The van der Waals surface area contributed by atoms with Crippen LogP contribution in [0.25, 0.3) is 17.1 Å². The lowest BCUT2D eigenvalue weighted by Crippen LogP contribution is -2.15. The minimum Gasteiger partial charge on any atom is -0.441 e. The molecule has 146 valence electrons. The number of hydrogen-bond acceptors (Lipinski definition) is 5. The van der Waals surface area contributed by atoms with E-state index in [1.54, 1.807) is 41.5 Å². The summed E-state index contributed by atoms with van der Waals surface area (Å²) in [5, 5.41) is 6.91. The van der Waals surface area contributed by atoms with E-state index in [-0.39, 0.29) is 36.0 Å². The third kappa shape index (κ3) is 4.18. The summed E-state index contributed by atoms with van der Waals surface area (Å²) in [6.07, 6.45) is 6.60. The number of nitrogens with one attached hydrogen (secondary N) is 1. The predicted molar refractivity (Wildman–Crippen MR) is 100 cm³/mol. The molecule has 1 aromatic carbocycles. The van der Waals surface area contributed by atoms with Crippen molar-refractivity contribution in [3.63, 3.8) is 0 Å². The van der Waals surface area contributed by atoms with Gasteiger partial charge in [-0.2, -0.15) is 5.10 Å². The van der Waals surface area contributed by atoms with Crippen LogP contribution >= 0.6 is 0 Å². The van der Waals surface area contributed by atoms with Crippen LogP contribution in [0, 0.1) is 11.6 Å². The first-order chi connectivity index (χ1) is 14.1. The predicted octanol–water partition coefficient (Wildman–Crippen LogP) is 3.77. The summed E-state index contributed by atoms with van der Waals surface area (Å²) in [5.41, 5.74) is 0.622. The van der Waals surface area contributed by atoms with E-state index in [0.29, 0.717) is 11.5 Å². The van der Waals surface area contributed by atoms with E-state index in [0.717, 1.165) is 12.1 Å². The van der Waals surface area contributed by atoms with Crippen molar-refractivity contribution in [1.29, 1.82) is 0 Å². The normalized spacial score (nSPS) is 10.8. The Balaban J connectivity index is 1.41. The molecule has 0 saturated heterocycles. The van der Waals surface area contributed by atoms with Crippen LogP contribution < -0.4 is 5.32 Å². The summed E-state index contributed by atoms with van der Waals surface area (Å²) in [4.78, 5) is 20.6. The molecule has 1 amide bonds. The lowest BCUT2D eigenvalue weighted by atomic mass is 10.2. The number of amides is 1. The van der Waals surface area contributed by atoms with Crippen molar-refractivity contribution < 1.29 is 18.0 Å². The second kappa shape index (κ2) is 8.01. The molecule has 3 heterocycles. The molecule has 0 atom stereocenters. The third-order valence-electron chi connectivity index (χ3n) is 4.10. The smallest absolute Gasteiger partial charge is 0.224 e. The van der Waals surface area contributed by atoms with Crippen LogP contribution in [0.2, 0.25) is 0 Å². The van der Waals surface area contributed by atoms with Gasteiger partial charge in [0.2, 0.25) is 5.91 Å². The summed E-state index contributed by atoms with van der Waals surface area (Å²) in [6.45, 7) is 0. The van der Waals surface area contributed by atoms with Crippen molar-refractivity contribution >= 4 is 11.6 Å². The molecule has 4 aromatic rings. The Bertz CT molecular complexity index is 1140. The second-order valence-corrected chi connectivity index (χ2v) is 6.12.